The van der Waals surface area contributed by atoms with E-state index in [2.05, 4.69) is 27.8 Å². The van der Waals surface area contributed by atoms with E-state index in [-0.39, 0.29) is 5.11 Å². The van der Waals surface area contributed by atoms with Gasteiger partial charge in [0.15, 0.2) is 11.0 Å². The van der Waals surface area contributed by atoms with Crippen molar-refractivity contribution >= 4 is 35.4 Å². The minimum Gasteiger partial charge on any atom is -0.309 e. The van der Waals surface area contributed by atoms with Gasteiger partial charge in [-0.15, -0.1) is 0 Å². The van der Waals surface area contributed by atoms with Gasteiger partial charge >= 0.3 is 0 Å². The largest absolute Gasteiger partial charge is 0.309 e. The van der Waals surface area contributed by atoms with Crippen LogP contribution in [0.5, 0.6) is 0 Å². The van der Waals surface area contributed by atoms with Gasteiger partial charge in [-0.25, -0.2) is 0 Å². The quantitative estimate of drug-likeness (QED) is 0.291. The smallest absolute Gasteiger partial charge is 0.244 e. The molecule has 7 heteroatoms. The molecule has 0 bridgehead atoms. The second-order valence-corrected chi connectivity index (χ2v) is 4.41. The molecule has 0 saturated carbocycles. The molecule has 2 amide bonds. The average molecular weight is 256 g/mol. The van der Waals surface area contributed by atoms with Gasteiger partial charge in [0.05, 0.1) is 0 Å². The number of nitrogens with one attached hydrogen (secondary N) is 2. The molecule has 0 aliphatic carbocycles. The summed E-state index contributed by atoms with van der Waals surface area (Å²) in [4.78, 5) is 29.0. The molecule has 0 aromatic heterocycles. The van der Waals surface area contributed by atoms with Crippen molar-refractivity contribution in [2.24, 2.45) is 10.9 Å². The molecule has 1 fully saturated rings. The van der Waals surface area contributed by atoms with Crippen LogP contribution in [0.4, 0.5) is 0 Å². The van der Waals surface area contributed by atoms with E-state index in [1.165, 1.54) is 6.21 Å². The van der Waals surface area contributed by atoms with Crippen molar-refractivity contribution in [1.82, 2.24) is 15.5 Å². The molecule has 94 valence electrons. The van der Waals surface area contributed by atoms with Crippen molar-refractivity contribution in [3.63, 3.8) is 0 Å². The fourth-order valence-corrected chi connectivity index (χ4v) is 1.52. The third-order valence-electron chi connectivity index (χ3n) is 2.19. The predicted molar refractivity (Wildman–Crippen MR) is 68.9 cm³/mol. The van der Waals surface area contributed by atoms with Crippen molar-refractivity contribution in [1.29, 1.82) is 0 Å². The maximum Gasteiger partial charge on any atom is 0.244 e. The molecule has 0 aromatic rings. The Balaban J connectivity index is 2.39. The SMILES string of the molecule is CN(C)CCCN=CC1C(=O)NC(=S)NC1=O. The zero-order valence-corrected chi connectivity index (χ0v) is 10.7. The third kappa shape index (κ3) is 4.58. The minimum absolute atomic E-state index is 0.0530. The van der Waals surface area contributed by atoms with E-state index in [0.717, 1.165) is 13.0 Å². The Morgan fingerprint density at radius 3 is 2.47 bits per heavy atom. The third-order valence-corrected chi connectivity index (χ3v) is 2.39. The van der Waals surface area contributed by atoms with Crippen molar-refractivity contribution in [2.75, 3.05) is 27.2 Å². The highest BCUT2D eigenvalue weighted by molar-refractivity contribution is 7.80. The lowest BCUT2D eigenvalue weighted by molar-refractivity contribution is -0.131. The number of carbonyl (C=O) groups excluding carboxylic acids is 2. The lowest BCUT2D eigenvalue weighted by Crippen LogP contribution is -2.56. The first-order chi connectivity index (χ1) is 8.00. The van der Waals surface area contributed by atoms with Crippen LogP contribution < -0.4 is 10.6 Å². The molecule has 6 nitrogen and oxygen atoms in total. The number of rotatable bonds is 5. The molecule has 17 heavy (non-hydrogen) atoms. The number of aliphatic imine (C=N–C) groups is 1. The molecule has 1 aliphatic rings. The molecule has 0 radical (unpaired) electrons. The van der Waals surface area contributed by atoms with Crippen LogP contribution in [0.15, 0.2) is 4.99 Å². The molecule has 1 heterocycles. The van der Waals surface area contributed by atoms with Crippen LogP contribution in [0.3, 0.4) is 0 Å². The Hall–Kier alpha value is -1.34. The van der Waals surface area contributed by atoms with Crippen LogP contribution in [-0.2, 0) is 9.59 Å². The molecule has 1 aliphatic heterocycles. The van der Waals surface area contributed by atoms with Crippen LogP contribution in [0.2, 0.25) is 0 Å². The average Bonchev–Trinajstić information content (AvgIpc) is 2.20. The number of nitrogens with zero attached hydrogens (tertiary/aromatic N) is 2. The minimum atomic E-state index is -0.874. The summed E-state index contributed by atoms with van der Waals surface area (Å²) in [5.74, 6) is -1.72. The monoisotopic (exact) mass is 256 g/mol. The summed E-state index contributed by atoms with van der Waals surface area (Å²) in [7, 11) is 3.96. The van der Waals surface area contributed by atoms with Crippen molar-refractivity contribution in [2.45, 2.75) is 6.42 Å². The normalized spacial score (nSPS) is 17.7. The van der Waals surface area contributed by atoms with E-state index in [0.29, 0.717) is 6.54 Å². The lowest BCUT2D eigenvalue weighted by Gasteiger charge is -2.19. The van der Waals surface area contributed by atoms with Crippen LogP contribution in [0, 0.1) is 5.92 Å². The summed E-state index contributed by atoms with van der Waals surface area (Å²) in [5, 5.41) is 4.81. The summed E-state index contributed by atoms with van der Waals surface area (Å²) >= 11 is 4.68. The second kappa shape index (κ2) is 6.41. The highest BCUT2D eigenvalue weighted by Gasteiger charge is 2.30. The first kappa shape index (κ1) is 13.7. The van der Waals surface area contributed by atoms with Crippen LogP contribution in [0.25, 0.3) is 0 Å². The van der Waals surface area contributed by atoms with Crippen molar-refractivity contribution < 1.29 is 9.59 Å². The van der Waals surface area contributed by atoms with Crippen molar-refractivity contribution in [3.05, 3.63) is 0 Å². The van der Waals surface area contributed by atoms with E-state index < -0.39 is 17.7 Å². The molecule has 2 N–H and O–H groups in total. The Bertz CT molecular complexity index is 334. The molecule has 0 spiro atoms. The van der Waals surface area contributed by atoms with Crippen LogP contribution >= 0.6 is 12.2 Å². The summed E-state index contributed by atoms with van der Waals surface area (Å²) in [5.41, 5.74) is 0. The molecule has 1 rings (SSSR count). The van der Waals surface area contributed by atoms with Gasteiger partial charge in [0, 0.05) is 12.8 Å². The van der Waals surface area contributed by atoms with Gasteiger partial charge < -0.3 is 15.5 Å². The molecule has 0 unspecified atom stereocenters. The topological polar surface area (TPSA) is 73.8 Å². The second-order valence-electron chi connectivity index (χ2n) is 4.00. The highest BCUT2D eigenvalue weighted by atomic mass is 32.1. The highest BCUT2D eigenvalue weighted by Crippen LogP contribution is 1.99. The molecular weight excluding hydrogens is 240 g/mol. The molecule has 0 atom stereocenters. The summed E-state index contributed by atoms with van der Waals surface area (Å²) in [6.45, 7) is 1.52. The number of amides is 2. The van der Waals surface area contributed by atoms with Gasteiger partial charge in [-0.3, -0.25) is 14.6 Å². The standard InChI is InChI=1S/C10H16N4O2S/c1-14(2)5-3-4-11-6-7-8(15)12-10(17)13-9(7)16/h6-7H,3-5H2,1-2H3,(H2,12,13,15,16,17). The van der Waals surface area contributed by atoms with Gasteiger partial charge in [0.25, 0.3) is 0 Å². The van der Waals surface area contributed by atoms with Crippen molar-refractivity contribution in [3.8, 4) is 0 Å². The summed E-state index contributed by atoms with van der Waals surface area (Å²) in [6.07, 6.45) is 2.26. The van der Waals surface area contributed by atoms with E-state index >= 15 is 0 Å². The number of hydrogen-bond donors (Lipinski definition) is 2. The zero-order valence-electron chi connectivity index (χ0n) is 9.90. The zero-order chi connectivity index (χ0) is 12.8. The maximum atomic E-state index is 11.4. The summed E-state index contributed by atoms with van der Waals surface area (Å²) in [6, 6.07) is 0. The van der Waals surface area contributed by atoms with Gasteiger partial charge in [-0.2, -0.15) is 0 Å². The maximum absolute atomic E-state index is 11.4. The van der Waals surface area contributed by atoms with E-state index in [4.69, 9.17) is 0 Å². The Kier molecular flexibility index (Phi) is 5.17. The van der Waals surface area contributed by atoms with E-state index in [1.54, 1.807) is 0 Å². The number of carbonyl (C=O) groups is 2. The predicted octanol–water partition coefficient (Wildman–Crippen LogP) is -0.844. The summed E-state index contributed by atoms with van der Waals surface area (Å²) < 4.78 is 0. The van der Waals surface area contributed by atoms with Crippen LogP contribution in [0.1, 0.15) is 6.42 Å². The molecule has 1 saturated heterocycles. The first-order valence-electron chi connectivity index (χ1n) is 5.31. The van der Waals surface area contributed by atoms with Gasteiger partial charge in [0.1, 0.15) is 0 Å². The molecule has 0 aromatic carbocycles. The van der Waals surface area contributed by atoms with Crippen LogP contribution in [-0.4, -0.2) is 55.2 Å². The Morgan fingerprint density at radius 2 is 1.94 bits per heavy atom. The lowest BCUT2D eigenvalue weighted by atomic mass is 10.1. The van der Waals surface area contributed by atoms with Gasteiger partial charge in [0.2, 0.25) is 11.8 Å². The van der Waals surface area contributed by atoms with E-state index in [1.807, 2.05) is 19.0 Å². The van der Waals surface area contributed by atoms with E-state index in [9.17, 15) is 9.59 Å². The van der Waals surface area contributed by atoms with Gasteiger partial charge in [-0.1, -0.05) is 0 Å². The number of hydrogen-bond acceptors (Lipinski definition) is 5. The first-order valence-corrected chi connectivity index (χ1v) is 5.72. The Morgan fingerprint density at radius 1 is 1.35 bits per heavy atom. The fourth-order valence-electron chi connectivity index (χ4n) is 1.32. The number of thiocarbonyl (C=S) groups is 1. The fraction of sp³-hybridized carbons (Fsp3) is 0.600. The Labute approximate surface area is 105 Å². The molecular formula is C10H16N4O2S. The van der Waals surface area contributed by atoms with Gasteiger partial charge in [-0.05, 0) is 39.3 Å².